The molecule has 0 amide bonds. The first-order valence-corrected chi connectivity index (χ1v) is 6.16. The molecule has 0 bridgehead atoms. The summed E-state index contributed by atoms with van der Waals surface area (Å²) in [5.41, 5.74) is 7.35. The van der Waals surface area contributed by atoms with Crippen LogP contribution in [0.2, 0.25) is 5.28 Å². The Balaban J connectivity index is 2.15. The standard InChI is InChI=1S/C13H15ClN4O/c1-8(9-3-5-10(19-2)6-4-9)17-12-11(15)7-16-13(14)18-12/h3-8H,15H2,1-2H3,(H,16,17,18). The van der Waals surface area contributed by atoms with Crippen LogP contribution in [0.5, 0.6) is 5.75 Å². The van der Waals surface area contributed by atoms with E-state index in [1.165, 1.54) is 6.20 Å². The molecule has 0 spiro atoms. The Morgan fingerprint density at radius 1 is 1.32 bits per heavy atom. The molecule has 1 aromatic heterocycles. The van der Waals surface area contributed by atoms with Crippen molar-refractivity contribution in [1.82, 2.24) is 9.97 Å². The zero-order valence-electron chi connectivity index (χ0n) is 10.7. The highest BCUT2D eigenvalue weighted by Crippen LogP contribution is 2.24. The predicted octanol–water partition coefficient (Wildman–Crippen LogP) is 2.89. The fraction of sp³-hybridized carbons (Fsp3) is 0.231. The first-order chi connectivity index (χ1) is 9.10. The summed E-state index contributed by atoms with van der Waals surface area (Å²) in [5.74, 6) is 1.35. The van der Waals surface area contributed by atoms with Gasteiger partial charge in [0.1, 0.15) is 5.75 Å². The highest BCUT2D eigenvalue weighted by Gasteiger charge is 2.09. The summed E-state index contributed by atoms with van der Waals surface area (Å²) in [6, 6.07) is 7.82. The number of nitrogens with one attached hydrogen (secondary N) is 1. The van der Waals surface area contributed by atoms with Crippen LogP contribution in [0, 0.1) is 0 Å². The molecule has 1 unspecified atom stereocenters. The van der Waals surface area contributed by atoms with E-state index in [-0.39, 0.29) is 11.3 Å². The van der Waals surface area contributed by atoms with Gasteiger partial charge in [-0.15, -0.1) is 0 Å². The van der Waals surface area contributed by atoms with Gasteiger partial charge in [-0.3, -0.25) is 0 Å². The van der Waals surface area contributed by atoms with E-state index in [9.17, 15) is 0 Å². The number of hydrogen-bond donors (Lipinski definition) is 2. The van der Waals surface area contributed by atoms with E-state index in [4.69, 9.17) is 22.1 Å². The first kappa shape index (κ1) is 13.4. The summed E-state index contributed by atoms with van der Waals surface area (Å²) in [7, 11) is 1.64. The normalized spacial score (nSPS) is 11.9. The number of nitrogen functional groups attached to an aromatic ring is 1. The van der Waals surface area contributed by atoms with Gasteiger partial charge in [0, 0.05) is 0 Å². The van der Waals surface area contributed by atoms with Crippen molar-refractivity contribution in [2.75, 3.05) is 18.2 Å². The molecule has 100 valence electrons. The number of hydrogen-bond acceptors (Lipinski definition) is 5. The maximum Gasteiger partial charge on any atom is 0.224 e. The average molecular weight is 279 g/mol. The van der Waals surface area contributed by atoms with Gasteiger partial charge in [0.2, 0.25) is 5.28 Å². The molecule has 3 N–H and O–H groups in total. The Labute approximate surface area is 116 Å². The number of aromatic nitrogens is 2. The summed E-state index contributed by atoms with van der Waals surface area (Å²) in [5, 5.41) is 3.37. The molecule has 0 saturated carbocycles. The summed E-state index contributed by atoms with van der Waals surface area (Å²) in [4.78, 5) is 7.88. The Kier molecular flexibility index (Phi) is 4.06. The second kappa shape index (κ2) is 5.75. The zero-order chi connectivity index (χ0) is 13.8. The molecule has 0 aliphatic heterocycles. The van der Waals surface area contributed by atoms with Gasteiger partial charge in [0.05, 0.1) is 25.0 Å². The maximum absolute atomic E-state index is 5.80. The molecule has 0 aliphatic rings. The fourth-order valence-corrected chi connectivity index (χ4v) is 1.80. The summed E-state index contributed by atoms with van der Waals surface area (Å²) >= 11 is 5.75. The average Bonchev–Trinajstić information content (AvgIpc) is 2.43. The van der Waals surface area contributed by atoms with E-state index in [2.05, 4.69) is 15.3 Å². The van der Waals surface area contributed by atoms with E-state index in [0.29, 0.717) is 11.5 Å². The van der Waals surface area contributed by atoms with Gasteiger partial charge in [-0.2, -0.15) is 4.98 Å². The van der Waals surface area contributed by atoms with Crippen LogP contribution in [-0.4, -0.2) is 17.1 Å². The van der Waals surface area contributed by atoms with Gasteiger partial charge < -0.3 is 15.8 Å². The quantitative estimate of drug-likeness (QED) is 0.841. The fourth-order valence-electron chi connectivity index (χ4n) is 1.67. The molecule has 6 heteroatoms. The topological polar surface area (TPSA) is 73.1 Å². The van der Waals surface area contributed by atoms with Gasteiger partial charge in [-0.25, -0.2) is 4.98 Å². The second-order valence-corrected chi connectivity index (χ2v) is 4.42. The van der Waals surface area contributed by atoms with Crippen LogP contribution in [-0.2, 0) is 0 Å². The van der Waals surface area contributed by atoms with Crippen molar-refractivity contribution in [2.24, 2.45) is 0 Å². The smallest absolute Gasteiger partial charge is 0.224 e. The molecule has 2 aromatic rings. The molecule has 19 heavy (non-hydrogen) atoms. The van der Waals surface area contributed by atoms with Crippen LogP contribution in [0.3, 0.4) is 0 Å². The van der Waals surface area contributed by atoms with Crippen molar-refractivity contribution in [1.29, 1.82) is 0 Å². The monoisotopic (exact) mass is 278 g/mol. The number of benzene rings is 1. The zero-order valence-corrected chi connectivity index (χ0v) is 11.5. The van der Waals surface area contributed by atoms with Crippen molar-refractivity contribution < 1.29 is 4.74 Å². The van der Waals surface area contributed by atoms with Crippen LogP contribution in [0.4, 0.5) is 11.5 Å². The largest absolute Gasteiger partial charge is 0.497 e. The molecule has 2 rings (SSSR count). The third-order valence-electron chi connectivity index (χ3n) is 2.76. The molecular formula is C13H15ClN4O. The Bertz CT molecular complexity index is 559. The number of halogens is 1. The minimum Gasteiger partial charge on any atom is -0.497 e. The first-order valence-electron chi connectivity index (χ1n) is 5.78. The number of nitrogens with two attached hydrogens (primary N) is 1. The summed E-state index contributed by atoms with van der Waals surface area (Å²) in [6.07, 6.45) is 1.48. The van der Waals surface area contributed by atoms with Gasteiger partial charge >= 0.3 is 0 Å². The molecule has 1 atom stereocenters. The molecule has 0 fully saturated rings. The van der Waals surface area contributed by atoms with E-state index in [0.717, 1.165) is 11.3 Å². The molecular weight excluding hydrogens is 264 g/mol. The number of nitrogens with zero attached hydrogens (tertiary/aromatic N) is 2. The SMILES string of the molecule is COc1ccc(C(C)Nc2nc(Cl)ncc2N)cc1. The number of ether oxygens (including phenoxy) is 1. The van der Waals surface area contributed by atoms with Gasteiger partial charge in [0.25, 0.3) is 0 Å². The lowest BCUT2D eigenvalue weighted by molar-refractivity contribution is 0.414. The Morgan fingerprint density at radius 2 is 2.00 bits per heavy atom. The van der Waals surface area contributed by atoms with E-state index >= 15 is 0 Å². The number of methoxy groups -OCH3 is 1. The third-order valence-corrected chi connectivity index (χ3v) is 2.94. The van der Waals surface area contributed by atoms with Crippen molar-refractivity contribution in [3.05, 3.63) is 41.3 Å². The lowest BCUT2D eigenvalue weighted by Crippen LogP contribution is -2.10. The molecule has 1 heterocycles. The van der Waals surface area contributed by atoms with E-state index in [1.54, 1.807) is 7.11 Å². The van der Waals surface area contributed by atoms with Gasteiger partial charge in [-0.05, 0) is 36.2 Å². The third kappa shape index (κ3) is 3.26. The van der Waals surface area contributed by atoms with Crippen molar-refractivity contribution in [3.8, 4) is 5.75 Å². The van der Waals surface area contributed by atoms with Crippen LogP contribution in [0.15, 0.2) is 30.5 Å². The van der Waals surface area contributed by atoms with E-state index in [1.807, 2.05) is 31.2 Å². The summed E-state index contributed by atoms with van der Waals surface area (Å²) < 4.78 is 5.12. The van der Waals surface area contributed by atoms with Crippen molar-refractivity contribution >= 4 is 23.1 Å². The minimum atomic E-state index is 0.0409. The lowest BCUT2D eigenvalue weighted by Gasteiger charge is -2.16. The molecule has 5 nitrogen and oxygen atoms in total. The highest BCUT2D eigenvalue weighted by atomic mass is 35.5. The molecule has 0 saturated heterocycles. The van der Waals surface area contributed by atoms with Gasteiger partial charge in [0.15, 0.2) is 5.82 Å². The van der Waals surface area contributed by atoms with Gasteiger partial charge in [-0.1, -0.05) is 12.1 Å². The van der Waals surface area contributed by atoms with Crippen molar-refractivity contribution in [2.45, 2.75) is 13.0 Å². The lowest BCUT2D eigenvalue weighted by atomic mass is 10.1. The molecule has 0 aliphatic carbocycles. The highest BCUT2D eigenvalue weighted by molar-refractivity contribution is 6.28. The van der Waals surface area contributed by atoms with Crippen molar-refractivity contribution in [3.63, 3.8) is 0 Å². The number of anilines is 2. The van der Waals surface area contributed by atoms with Crippen LogP contribution in [0.25, 0.3) is 0 Å². The molecule has 1 aromatic carbocycles. The van der Waals surface area contributed by atoms with Crippen LogP contribution < -0.4 is 15.8 Å². The molecule has 0 radical (unpaired) electrons. The Morgan fingerprint density at radius 3 is 2.63 bits per heavy atom. The van der Waals surface area contributed by atoms with Crippen LogP contribution in [0.1, 0.15) is 18.5 Å². The van der Waals surface area contributed by atoms with E-state index < -0.39 is 0 Å². The second-order valence-electron chi connectivity index (χ2n) is 4.08. The van der Waals surface area contributed by atoms with Crippen LogP contribution >= 0.6 is 11.6 Å². The number of rotatable bonds is 4. The maximum atomic E-state index is 5.80. The summed E-state index contributed by atoms with van der Waals surface area (Å²) in [6.45, 7) is 2.01. The minimum absolute atomic E-state index is 0.0409. The predicted molar refractivity (Wildman–Crippen MR) is 76.5 cm³/mol. The Hall–Kier alpha value is -2.01.